The lowest BCUT2D eigenvalue weighted by Crippen LogP contribution is -2.16. The molecule has 0 atom stereocenters. The van der Waals surface area contributed by atoms with Gasteiger partial charge in [-0.15, -0.1) is 0 Å². The minimum atomic E-state index is 0.722. The van der Waals surface area contributed by atoms with E-state index in [2.05, 4.69) is 23.8 Å². The van der Waals surface area contributed by atoms with Gasteiger partial charge in [-0.05, 0) is 13.5 Å². The first-order valence-corrected chi connectivity index (χ1v) is 5.63. The number of thioether (sulfide) groups is 1. The molecular weight excluding hydrogens is 196 g/mol. The van der Waals surface area contributed by atoms with Crippen LogP contribution < -0.4 is 5.32 Å². The fourth-order valence-corrected chi connectivity index (χ4v) is 1.67. The van der Waals surface area contributed by atoms with Crippen molar-refractivity contribution in [3.8, 4) is 0 Å². The fourth-order valence-electron chi connectivity index (χ4n) is 0.915. The van der Waals surface area contributed by atoms with Crippen LogP contribution in [0.2, 0.25) is 0 Å². The Balaban J connectivity index is 2.23. The monoisotopic (exact) mass is 212 g/mol. The molecule has 1 rings (SSSR count). The van der Waals surface area contributed by atoms with E-state index in [0.29, 0.717) is 0 Å². The van der Waals surface area contributed by atoms with Crippen LogP contribution in [0.5, 0.6) is 0 Å². The average Bonchev–Trinajstić information content (AvgIpc) is 2.58. The minimum Gasteiger partial charge on any atom is -0.440 e. The molecule has 3 nitrogen and oxygen atoms in total. The zero-order chi connectivity index (χ0) is 10.4. The predicted molar refractivity (Wildman–Crippen MR) is 59.6 cm³/mol. The highest BCUT2D eigenvalue weighted by atomic mass is 32.2. The van der Waals surface area contributed by atoms with E-state index in [-0.39, 0.29) is 0 Å². The smallest absolute Gasteiger partial charge is 0.256 e. The molecule has 1 aromatic rings. The molecule has 78 valence electrons. The molecule has 0 fully saturated rings. The van der Waals surface area contributed by atoms with Gasteiger partial charge in [0.15, 0.2) is 0 Å². The Labute approximate surface area is 89.0 Å². The Bertz CT molecular complexity index is 296. The van der Waals surface area contributed by atoms with Crippen LogP contribution in [0.1, 0.15) is 12.6 Å². The molecule has 1 aromatic heterocycles. The highest BCUT2D eigenvalue weighted by Gasteiger charge is 2.02. The van der Waals surface area contributed by atoms with Crippen LogP contribution in [0.25, 0.3) is 0 Å². The quantitative estimate of drug-likeness (QED) is 0.579. The maximum absolute atomic E-state index is 5.21. The average molecular weight is 212 g/mol. The van der Waals surface area contributed by atoms with Crippen molar-refractivity contribution in [3.63, 3.8) is 0 Å². The Kier molecular flexibility index (Phi) is 4.76. The standard InChI is InChI=1S/C10H16N2OS/c1-4-11-5-8(2)7-14-10-12-9(3)6-13-10/h6,11H,2,4-5,7H2,1,3H3. The summed E-state index contributed by atoms with van der Waals surface area (Å²) in [5.41, 5.74) is 2.08. The summed E-state index contributed by atoms with van der Waals surface area (Å²) in [6.45, 7) is 9.80. The van der Waals surface area contributed by atoms with Gasteiger partial charge in [-0.2, -0.15) is 0 Å². The Hall–Kier alpha value is -0.740. The van der Waals surface area contributed by atoms with Gasteiger partial charge in [0.1, 0.15) is 6.26 Å². The number of likely N-dealkylation sites (N-methyl/N-ethyl adjacent to an activating group) is 1. The first-order chi connectivity index (χ1) is 6.72. The van der Waals surface area contributed by atoms with Crippen molar-refractivity contribution < 1.29 is 4.42 Å². The summed E-state index contributed by atoms with van der Waals surface area (Å²) >= 11 is 1.58. The second kappa shape index (κ2) is 5.88. The number of hydrogen-bond donors (Lipinski definition) is 1. The SMILES string of the molecule is C=C(CNCC)CSc1nc(C)co1. The molecule has 0 aliphatic carbocycles. The van der Waals surface area contributed by atoms with E-state index in [9.17, 15) is 0 Å². The highest BCUT2D eigenvalue weighted by molar-refractivity contribution is 7.99. The third-order valence-electron chi connectivity index (χ3n) is 1.62. The number of aryl methyl sites for hydroxylation is 1. The van der Waals surface area contributed by atoms with Crippen LogP contribution in [-0.4, -0.2) is 23.8 Å². The minimum absolute atomic E-state index is 0.722. The second-order valence-electron chi connectivity index (χ2n) is 3.07. The lowest BCUT2D eigenvalue weighted by molar-refractivity contribution is 0.454. The second-order valence-corrected chi connectivity index (χ2v) is 4.00. The van der Waals surface area contributed by atoms with Gasteiger partial charge in [0.2, 0.25) is 0 Å². The molecule has 1 N–H and O–H groups in total. The van der Waals surface area contributed by atoms with Gasteiger partial charge in [0, 0.05) is 12.3 Å². The summed E-state index contributed by atoms with van der Waals surface area (Å²) in [6, 6.07) is 0. The van der Waals surface area contributed by atoms with E-state index in [1.54, 1.807) is 18.0 Å². The van der Waals surface area contributed by atoms with Crippen molar-refractivity contribution >= 4 is 11.8 Å². The van der Waals surface area contributed by atoms with Gasteiger partial charge < -0.3 is 9.73 Å². The van der Waals surface area contributed by atoms with Crippen molar-refractivity contribution in [3.05, 3.63) is 24.1 Å². The molecule has 0 amide bonds. The van der Waals surface area contributed by atoms with Crippen LogP contribution >= 0.6 is 11.8 Å². The van der Waals surface area contributed by atoms with Crippen molar-refractivity contribution in [2.24, 2.45) is 0 Å². The van der Waals surface area contributed by atoms with Gasteiger partial charge in [0.25, 0.3) is 5.22 Å². The third kappa shape index (κ3) is 3.98. The van der Waals surface area contributed by atoms with Gasteiger partial charge in [-0.3, -0.25) is 0 Å². The molecule has 0 aliphatic heterocycles. The molecule has 1 heterocycles. The van der Waals surface area contributed by atoms with Crippen molar-refractivity contribution in [2.75, 3.05) is 18.8 Å². The van der Waals surface area contributed by atoms with Gasteiger partial charge in [0.05, 0.1) is 5.69 Å². The summed E-state index contributed by atoms with van der Waals surface area (Å²) in [6.07, 6.45) is 1.66. The molecule has 14 heavy (non-hydrogen) atoms. The zero-order valence-electron chi connectivity index (χ0n) is 8.67. The lowest BCUT2D eigenvalue weighted by Gasteiger charge is -2.03. The molecule has 0 unspecified atom stereocenters. The topological polar surface area (TPSA) is 38.1 Å². The molecule has 0 radical (unpaired) electrons. The van der Waals surface area contributed by atoms with Crippen LogP contribution in [0.15, 0.2) is 28.1 Å². The van der Waals surface area contributed by atoms with Gasteiger partial charge in [-0.25, -0.2) is 4.98 Å². The van der Waals surface area contributed by atoms with E-state index in [4.69, 9.17) is 4.42 Å². The normalized spacial score (nSPS) is 10.4. The van der Waals surface area contributed by atoms with E-state index in [1.165, 1.54) is 0 Å². The molecule has 0 aliphatic rings. The molecule has 4 heteroatoms. The van der Waals surface area contributed by atoms with Crippen LogP contribution in [-0.2, 0) is 0 Å². The summed E-state index contributed by atoms with van der Waals surface area (Å²) in [5, 5.41) is 3.95. The largest absolute Gasteiger partial charge is 0.440 e. The van der Waals surface area contributed by atoms with E-state index in [1.807, 2.05) is 6.92 Å². The summed E-state index contributed by atoms with van der Waals surface area (Å²) < 4.78 is 5.21. The molecular formula is C10H16N2OS. The summed E-state index contributed by atoms with van der Waals surface area (Å²) in [5.74, 6) is 0.854. The van der Waals surface area contributed by atoms with E-state index >= 15 is 0 Å². The summed E-state index contributed by atoms with van der Waals surface area (Å²) in [4.78, 5) is 4.20. The van der Waals surface area contributed by atoms with Gasteiger partial charge in [-0.1, -0.05) is 30.8 Å². The van der Waals surface area contributed by atoms with E-state index < -0.39 is 0 Å². The third-order valence-corrected chi connectivity index (χ3v) is 2.61. The Morgan fingerprint density at radius 1 is 1.71 bits per heavy atom. The molecule has 0 aromatic carbocycles. The van der Waals surface area contributed by atoms with Crippen molar-refractivity contribution in [2.45, 2.75) is 19.1 Å². The number of rotatable bonds is 6. The summed E-state index contributed by atoms with van der Waals surface area (Å²) in [7, 11) is 0. The number of hydrogen-bond acceptors (Lipinski definition) is 4. The Morgan fingerprint density at radius 3 is 3.07 bits per heavy atom. The molecule has 0 bridgehead atoms. The highest BCUT2D eigenvalue weighted by Crippen LogP contribution is 2.18. The number of nitrogens with zero attached hydrogens (tertiary/aromatic N) is 1. The molecule has 0 spiro atoms. The predicted octanol–water partition coefficient (Wildman–Crippen LogP) is 2.24. The first kappa shape index (κ1) is 11.3. The maximum atomic E-state index is 5.21. The van der Waals surface area contributed by atoms with E-state index in [0.717, 1.165) is 35.3 Å². The molecule has 0 saturated carbocycles. The number of oxazole rings is 1. The Morgan fingerprint density at radius 2 is 2.50 bits per heavy atom. The van der Waals surface area contributed by atoms with Crippen LogP contribution in [0.3, 0.4) is 0 Å². The van der Waals surface area contributed by atoms with Gasteiger partial charge >= 0.3 is 0 Å². The van der Waals surface area contributed by atoms with Crippen LogP contribution in [0, 0.1) is 6.92 Å². The number of aromatic nitrogens is 1. The number of nitrogens with one attached hydrogen (secondary N) is 1. The first-order valence-electron chi connectivity index (χ1n) is 4.64. The van der Waals surface area contributed by atoms with Crippen molar-refractivity contribution in [1.82, 2.24) is 10.3 Å². The van der Waals surface area contributed by atoms with Crippen LogP contribution in [0.4, 0.5) is 0 Å². The maximum Gasteiger partial charge on any atom is 0.256 e. The molecule has 0 saturated heterocycles. The van der Waals surface area contributed by atoms with Crippen molar-refractivity contribution in [1.29, 1.82) is 0 Å². The zero-order valence-corrected chi connectivity index (χ0v) is 9.49. The lowest BCUT2D eigenvalue weighted by atomic mass is 10.3. The fraction of sp³-hybridized carbons (Fsp3) is 0.500.